The molecular weight excluding hydrogens is 290 g/mol. The second kappa shape index (κ2) is 5.58. The number of ether oxygens (including phenoxy) is 1. The maximum absolute atomic E-state index is 12.4. The van der Waals surface area contributed by atoms with E-state index in [4.69, 9.17) is 20.8 Å². The van der Waals surface area contributed by atoms with Gasteiger partial charge in [-0.2, -0.15) is 0 Å². The number of carbonyl (C=O) groups excluding carboxylic acids is 1. The molecule has 1 heterocycles. The summed E-state index contributed by atoms with van der Waals surface area (Å²) in [6.07, 6.45) is 0.0609. The van der Waals surface area contributed by atoms with Gasteiger partial charge >= 0.3 is 0 Å². The number of benzene rings is 2. The summed E-state index contributed by atoms with van der Waals surface area (Å²) >= 11 is 5.94. The first kappa shape index (κ1) is 13.6. The normalized spacial score (nSPS) is 10.8. The molecule has 1 aromatic heterocycles. The zero-order chi connectivity index (χ0) is 14.8. The molecule has 106 valence electrons. The number of oxazole rings is 1. The minimum Gasteiger partial charge on any atom is -0.496 e. The van der Waals surface area contributed by atoms with E-state index in [0.717, 1.165) is 5.52 Å². The maximum Gasteiger partial charge on any atom is 0.203 e. The number of rotatable bonds is 4. The van der Waals surface area contributed by atoms with Gasteiger partial charge in [-0.3, -0.25) is 4.79 Å². The van der Waals surface area contributed by atoms with Gasteiger partial charge < -0.3 is 9.15 Å². The molecule has 0 N–H and O–H groups in total. The van der Waals surface area contributed by atoms with E-state index in [2.05, 4.69) is 4.98 Å². The average Bonchev–Trinajstić information content (AvgIpc) is 2.89. The van der Waals surface area contributed by atoms with E-state index in [-0.39, 0.29) is 12.2 Å². The SMILES string of the molecule is COc1ccc(Cl)cc1C(=O)Cc1nc2ccccc2o1. The molecule has 0 radical (unpaired) electrons. The number of hydrogen-bond donors (Lipinski definition) is 0. The van der Waals surface area contributed by atoms with Gasteiger partial charge in [-0.05, 0) is 30.3 Å². The van der Waals surface area contributed by atoms with Crippen LogP contribution in [0.25, 0.3) is 11.1 Å². The molecule has 0 unspecified atom stereocenters. The Bertz CT molecular complexity index is 777. The third-order valence-corrected chi connectivity index (χ3v) is 3.35. The molecule has 21 heavy (non-hydrogen) atoms. The Morgan fingerprint density at radius 3 is 2.86 bits per heavy atom. The van der Waals surface area contributed by atoms with Crippen molar-refractivity contribution in [1.82, 2.24) is 4.98 Å². The fourth-order valence-corrected chi connectivity index (χ4v) is 2.30. The number of carbonyl (C=O) groups is 1. The molecule has 0 spiro atoms. The van der Waals surface area contributed by atoms with Gasteiger partial charge in [-0.1, -0.05) is 23.7 Å². The number of hydrogen-bond acceptors (Lipinski definition) is 4. The summed E-state index contributed by atoms with van der Waals surface area (Å²) in [4.78, 5) is 16.7. The van der Waals surface area contributed by atoms with Crippen molar-refractivity contribution in [2.24, 2.45) is 0 Å². The van der Waals surface area contributed by atoms with Crippen LogP contribution in [0.15, 0.2) is 46.9 Å². The molecule has 0 saturated heterocycles. The summed E-state index contributed by atoms with van der Waals surface area (Å²) in [5, 5.41) is 0.483. The number of fused-ring (bicyclic) bond motifs is 1. The lowest BCUT2D eigenvalue weighted by molar-refractivity contribution is 0.0983. The fraction of sp³-hybridized carbons (Fsp3) is 0.125. The Morgan fingerprint density at radius 1 is 1.29 bits per heavy atom. The van der Waals surface area contributed by atoms with Crippen LogP contribution in [-0.4, -0.2) is 17.9 Å². The van der Waals surface area contributed by atoms with Crippen LogP contribution < -0.4 is 4.74 Å². The molecular formula is C16H12ClNO3. The van der Waals surface area contributed by atoms with Gasteiger partial charge in [0.2, 0.25) is 5.89 Å². The lowest BCUT2D eigenvalue weighted by Crippen LogP contribution is -2.06. The van der Waals surface area contributed by atoms with Crippen molar-refractivity contribution in [2.45, 2.75) is 6.42 Å². The highest BCUT2D eigenvalue weighted by atomic mass is 35.5. The van der Waals surface area contributed by atoms with Gasteiger partial charge in [0.25, 0.3) is 0 Å². The number of aromatic nitrogens is 1. The number of methoxy groups -OCH3 is 1. The van der Waals surface area contributed by atoms with Crippen LogP contribution in [0.1, 0.15) is 16.2 Å². The van der Waals surface area contributed by atoms with Crippen molar-refractivity contribution >= 4 is 28.5 Å². The molecule has 0 fully saturated rings. The van der Waals surface area contributed by atoms with E-state index < -0.39 is 0 Å². The summed E-state index contributed by atoms with van der Waals surface area (Å²) in [5.41, 5.74) is 1.82. The highest BCUT2D eigenvalue weighted by molar-refractivity contribution is 6.31. The van der Waals surface area contributed by atoms with Gasteiger partial charge in [-0.15, -0.1) is 0 Å². The van der Waals surface area contributed by atoms with Gasteiger partial charge in [-0.25, -0.2) is 4.98 Å². The molecule has 2 aromatic carbocycles. The standard InChI is InChI=1S/C16H12ClNO3/c1-20-14-7-6-10(17)8-11(14)13(19)9-16-18-12-4-2-3-5-15(12)21-16/h2-8H,9H2,1H3. The first-order valence-corrected chi connectivity index (χ1v) is 6.76. The number of ketones is 1. The van der Waals surface area contributed by atoms with E-state index >= 15 is 0 Å². The molecule has 0 aliphatic heterocycles. The lowest BCUT2D eigenvalue weighted by atomic mass is 10.1. The third-order valence-electron chi connectivity index (χ3n) is 3.11. The molecule has 0 aliphatic carbocycles. The predicted molar refractivity (Wildman–Crippen MR) is 80.0 cm³/mol. The second-order valence-electron chi connectivity index (χ2n) is 4.52. The Kier molecular flexibility index (Phi) is 3.62. The summed E-state index contributed by atoms with van der Waals surface area (Å²) < 4.78 is 10.7. The summed E-state index contributed by atoms with van der Waals surface area (Å²) in [6.45, 7) is 0. The van der Waals surface area contributed by atoms with E-state index in [0.29, 0.717) is 27.8 Å². The maximum atomic E-state index is 12.4. The van der Waals surface area contributed by atoms with Gasteiger partial charge in [0, 0.05) is 5.02 Å². The first-order valence-electron chi connectivity index (χ1n) is 6.38. The minimum atomic E-state index is -0.152. The molecule has 3 rings (SSSR count). The lowest BCUT2D eigenvalue weighted by Gasteiger charge is -2.06. The molecule has 0 amide bonds. The van der Waals surface area contributed by atoms with Crippen LogP contribution in [0.5, 0.6) is 5.75 Å². The van der Waals surface area contributed by atoms with E-state index in [1.165, 1.54) is 7.11 Å². The predicted octanol–water partition coefficient (Wildman–Crippen LogP) is 3.92. The number of nitrogens with zero attached hydrogens (tertiary/aromatic N) is 1. The van der Waals surface area contributed by atoms with Crippen molar-refractivity contribution < 1.29 is 13.9 Å². The highest BCUT2D eigenvalue weighted by Gasteiger charge is 2.16. The Labute approximate surface area is 126 Å². The second-order valence-corrected chi connectivity index (χ2v) is 4.96. The zero-order valence-electron chi connectivity index (χ0n) is 11.3. The van der Waals surface area contributed by atoms with Gasteiger partial charge in [0.1, 0.15) is 11.3 Å². The summed E-state index contributed by atoms with van der Waals surface area (Å²) in [6, 6.07) is 12.3. The quantitative estimate of drug-likeness (QED) is 0.685. The third kappa shape index (κ3) is 2.76. The largest absolute Gasteiger partial charge is 0.496 e. The Balaban J connectivity index is 1.90. The smallest absolute Gasteiger partial charge is 0.203 e. The van der Waals surface area contributed by atoms with Crippen LogP contribution in [0.2, 0.25) is 5.02 Å². The topological polar surface area (TPSA) is 52.3 Å². The minimum absolute atomic E-state index is 0.0609. The zero-order valence-corrected chi connectivity index (χ0v) is 12.1. The van der Waals surface area contributed by atoms with Crippen molar-refractivity contribution in [2.75, 3.05) is 7.11 Å². The molecule has 0 bridgehead atoms. The monoisotopic (exact) mass is 301 g/mol. The molecule has 5 heteroatoms. The van der Waals surface area contributed by atoms with Crippen LogP contribution >= 0.6 is 11.6 Å². The highest BCUT2D eigenvalue weighted by Crippen LogP contribution is 2.24. The van der Waals surface area contributed by atoms with Crippen LogP contribution in [0, 0.1) is 0 Å². The van der Waals surface area contributed by atoms with Gasteiger partial charge in [0.15, 0.2) is 11.4 Å². The van der Waals surface area contributed by atoms with Crippen LogP contribution in [-0.2, 0) is 6.42 Å². The Morgan fingerprint density at radius 2 is 2.10 bits per heavy atom. The summed E-state index contributed by atoms with van der Waals surface area (Å²) in [7, 11) is 1.51. The van der Waals surface area contributed by atoms with Crippen LogP contribution in [0.4, 0.5) is 0 Å². The molecule has 4 nitrogen and oxygen atoms in total. The average molecular weight is 302 g/mol. The molecule has 0 saturated carbocycles. The van der Waals surface area contributed by atoms with E-state index in [9.17, 15) is 4.79 Å². The fourth-order valence-electron chi connectivity index (χ4n) is 2.13. The van der Waals surface area contributed by atoms with Crippen molar-refractivity contribution in [3.63, 3.8) is 0 Å². The van der Waals surface area contributed by atoms with Crippen molar-refractivity contribution in [1.29, 1.82) is 0 Å². The van der Waals surface area contributed by atoms with Crippen LogP contribution in [0.3, 0.4) is 0 Å². The van der Waals surface area contributed by atoms with Crippen molar-refractivity contribution in [3.05, 3.63) is 58.9 Å². The molecule has 0 aliphatic rings. The van der Waals surface area contributed by atoms with Crippen molar-refractivity contribution in [3.8, 4) is 5.75 Å². The Hall–Kier alpha value is -2.33. The van der Waals surface area contributed by atoms with E-state index in [1.807, 2.05) is 24.3 Å². The molecule has 0 atom stereocenters. The number of Topliss-reactive ketones (excluding diaryl/α,β-unsaturated/α-hetero) is 1. The number of para-hydroxylation sites is 2. The summed E-state index contributed by atoms with van der Waals surface area (Å²) in [5.74, 6) is 0.713. The van der Waals surface area contributed by atoms with Gasteiger partial charge in [0.05, 0.1) is 19.1 Å². The van der Waals surface area contributed by atoms with E-state index in [1.54, 1.807) is 18.2 Å². The number of halogens is 1. The molecule has 3 aromatic rings. The first-order chi connectivity index (χ1) is 10.2.